The molecule has 0 radical (unpaired) electrons. The molecular weight excluding hydrogens is 426 g/mol. The lowest BCUT2D eigenvalue weighted by molar-refractivity contribution is -0.163. The van der Waals surface area contributed by atoms with Crippen LogP contribution in [-0.4, -0.2) is 66.8 Å². The quantitative estimate of drug-likeness (QED) is 0.583. The largest absolute Gasteiger partial charge is 0.494 e. The number of amides is 3. The summed E-state index contributed by atoms with van der Waals surface area (Å²) in [5, 5.41) is 3.80. The summed E-state index contributed by atoms with van der Waals surface area (Å²) in [5.74, 6) is -0.369. The number of carbonyl (C=O) groups excluding carboxylic acids is 3. The average Bonchev–Trinajstić information content (AvgIpc) is 3.23. The molecule has 0 saturated carbocycles. The molecule has 2 aliphatic heterocycles. The fourth-order valence-corrected chi connectivity index (χ4v) is 3.85. The first-order chi connectivity index (χ1) is 16.0. The standard InChI is InChI=1S/C23H27N5O5/c1-3-32-18-9-5-16(6-10-18)24-20(29)15-28-22(31)21(30)27-14-13-26(23(27)25-28)17-7-11-19(12-8-17)33-4-2/h5-12,23,25H,3-4,13-15H2,1-2H3,(H,24,29). The van der Waals surface area contributed by atoms with Crippen LogP contribution in [0.5, 0.6) is 11.5 Å². The van der Waals surface area contributed by atoms with Gasteiger partial charge in [0, 0.05) is 24.5 Å². The first kappa shape index (κ1) is 22.4. The van der Waals surface area contributed by atoms with Gasteiger partial charge >= 0.3 is 11.8 Å². The fraction of sp³-hybridized carbons (Fsp3) is 0.348. The van der Waals surface area contributed by atoms with Crippen molar-refractivity contribution in [1.29, 1.82) is 0 Å². The lowest BCUT2D eigenvalue weighted by atomic mass is 10.2. The van der Waals surface area contributed by atoms with E-state index in [2.05, 4.69) is 10.7 Å². The number of anilines is 2. The van der Waals surface area contributed by atoms with Gasteiger partial charge in [0.05, 0.1) is 13.2 Å². The lowest BCUT2D eigenvalue weighted by Gasteiger charge is -2.40. The van der Waals surface area contributed by atoms with Crippen LogP contribution in [0.2, 0.25) is 0 Å². The normalized spacial score (nSPS) is 17.8. The molecule has 3 amide bonds. The number of nitrogens with one attached hydrogen (secondary N) is 2. The summed E-state index contributed by atoms with van der Waals surface area (Å²) in [4.78, 5) is 41.2. The predicted octanol–water partition coefficient (Wildman–Crippen LogP) is 1.40. The monoisotopic (exact) mass is 453 g/mol. The van der Waals surface area contributed by atoms with Crippen LogP contribution in [0.4, 0.5) is 11.4 Å². The third kappa shape index (κ3) is 4.85. The Morgan fingerprint density at radius 3 is 2.09 bits per heavy atom. The Bertz CT molecular complexity index is 1010. The summed E-state index contributed by atoms with van der Waals surface area (Å²) in [6.07, 6.45) is -0.564. The number of ether oxygens (including phenoxy) is 2. The zero-order valence-electron chi connectivity index (χ0n) is 18.6. The van der Waals surface area contributed by atoms with Gasteiger partial charge in [0.1, 0.15) is 18.0 Å². The van der Waals surface area contributed by atoms with Gasteiger partial charge < -0.3 is 19.7 Å². The van der Waals surface area contributed by atoms with Crippen molar-refractivity contribution >= 4 is 29.1 Å². The van der Waals surface area contributed by atoms with Crippen LogP contribution in [0.25, 0.3) is 0 Å². The van der Waals surface area contributed by atoms with Crippen molar-refractivity contribution in [3.8, 4) is 11.5 Å². The Labute approximate surface area is 192 Å². The van der Waals surface area contributed by atoms with E-state index in [4.69, 9.17) is 9.47 Å². The Balaban J connectivity index is 1.42. The molecule has 0 aliphatic carbocycles. The van der Waals surface area contributed by atoms with Gasteiger partial charge in [-0.15, -0.1) is 0 Å². The number of carbonyl (C=O) groups is 3. The smallest absolute Gasteiger partial charge is 0.326 e. The minimum absolute atomic E-state index is 0.306. The molecule has 2 aromatic carbocycles. The summed E-state index contributed by atoms with van der Waals surface area (Å²) in [5.41, 5.74) is 4.47. The van der Waals surface area contributed by atoms with E-state index in [1.807, 2.05) is 43.0 Å². The molecule has 2 aliphatic rings. The van der Waals surface area contributed by atoms with E-state index in [1.165, 1.54) is 4.90 Å². The molecule has 4 rings (SSSR count). The van der Waals surface area contributed by atoms with Crippen molar-refractivity contribution in [3.63, 3.8) is 0 Å². The molecule has 2 aromatic rings. The highest BCUT2D eigenvalue weighted by Crippen LogP contribution is 2.27. The maximum Gasteiger partial charge on any atom is 0.326 e. The minimum Gasteiger partial charge on any atom is -0.494 e. The van der Waals surface area contributed by atoms with E-state index in [1.54, 1.807) is 24.3 Å². The molecule has 1 atom stereocenters. The van der Waals surface area contributed by atoms with Crippen LogP contribution in [0.3, 0.4) is 0 Å². The van der Waals surface area contributed by atoms with Crippen LogP contribution in [0.15, 0.2) is 48.5 Å². The summed E-state index contributed by atoms with van der Waals surface area (Å²) in [6, 6.07) is 14.5. The summed E-state index contributed by atoms with van der Waals surface area (Å²) < 4.78 is 10.9. The van der Waals surface area contributed by atoms with Crippen molar-refractivity contribution < 1.29 is 23.9 Å². The Hall–Kier alpha value is -3.79. The van der Waals surface area contributed by atoms with Gasteiger partial charge in [-0.05, 0) is 62.4 Å². The number of hydrazine groups is 1. The SMILES string of the molecule is CCOc1ccc(NC(=O)CN2NC3N(CCN3c3ccc(OCC)cc3)C(=O)C2=O)cc1. The molecule has 33 heavy (non-hydrogen) atoms. The first-order valence-corrected chi connectivity index (χ1v) is 10.9. The molecule has 1 unspecified atom stereocenters. The summed E-state index contributed by atoms with van der Waals surface area (Å²) in [7, 11) is 0. The van der Waals surface area contributed by atoms with Crippen LogP contribution < -0.4 is 25.1 Å². The molecule has 0 bridgehead atoms. The van der Waals surface area contributed by atoms with E-state index >= 15 is 0 Å². The summed E-state index contributed by atoms with van der Waals surface area (Å²) >= 11 is 0. The number of hydrogen-bond donors (Lipinski definition) is 2. The van der Waals surface area contributed by atoms with E-state index in [0.717, 1.165) is 16.4 Å². The Morgan fingerprint density at radius 1 is 0.909 bits per heavy atom. The third-order valence-corrected chi connectivity index (χ3v) is 5.36. The zero-order chi connectivity index (χ0) is 23.4. The van der Waals surface area contributed by atoms with Crippen molar-refractivity contribution in [2.45, 2.75) is 20.1 Å². The molecule has 174 valence electrons. The van der Waals surface area contributed by atoms with Gasteiger partial charge in [0.25, 0.3) is 0 Å². The van der Waals surface area contributed by atoms with Crippen LogP contribution in [0.1, 0.15) is 13.8 Å². The molecule has 2 heterocycles. The highest BCUT2D eigenvalue weighted by molar-refractivity contribution is 6.35. The van der Waals surface area contributed by atoms with Crippen molar-refractivity contribution in [2.24, 2.45) is 0 Å². The average molecular weight is 453 g/mol. The van der Waals surface area contributed by atoms with Gasteiger partial charge in [0.15, 0.2) is 6.29 Å². The predicted molar refractivity (Wildman–Crippen MR) is 122 cm³/mol. The number of benzene rings is 2. The maximum absolute atomic E-state index is 12.7. The van der Waals surface area contributed by atoms with Crippen molar-refractivity contribution in [1.82, 2.24) is 15.3 Å². The molecule has 10 heteroatoms. The number of hydrogen-bond acceptors (Lipinski definition) is 7. The summed E-state index contributed by atoms with van der Waals surface area (Å²) in [6.45, 7) is 5.58. The molecule has 2 fully saturated rings. The van der Waals surface area contributed by atoms with E-state index < -0.39 is 24.0 Å². The molecule has 0 spiro atoms. The first-order valence-electron chi connectivity index (χ1n) is 10.9. The highest BCUT2D eigenvalue weighted by atomic mass is 16.5. The topological polar surface area (TPSA) is 103 Å². The van der Waals surface area contributed by atoms with Gasteiger partial charge in [0.2, 0.25) is 5.91 Å². The fourth-order valence-electron chi connectivity index (χ4n) is 3.85. The molecule has 10 nitrogen and oxygen atoms in total. The molecular formula is C23H27N5O5. The van der Waals surface area contributed by atoms with Crippen LogP contribution in [0, 0.1) is 0 Å². The van der Waals surface area contributed by atoms with Crippen molar-refractivity contribution in [2.75, 3.05) is 43.1 Å². The van der Waals surface area contributed by atoms with E-state index in [9.17, 15) is 14.4 Å². The maximum atomic E-state index is 12.7. The zero-order valence-corrected chi connectivity index (χ0v) is 18.6. The second-order valence-corrected chi connectivity index (χ2v) is 7.52. The van der Waals surface area contributed by atoms with E-state index in [-0.39, 0.29) is 6.54 Å². The molecule has 2 N–H and O–H groups in total. The second-order valence-electron chi connectivity index (χ2n) is 7.52. The van der Waals surface area contributed by atoms with Gasteiger partial charge in [-0.25, -0.2) is 0 Å². The van der Waals surface area contributed by atoms with Crippen LogP contribution in [-0.2, 0) is 14.4 Å². The van der Waals surface area contributed by atoms with E-state index in [0.29, 0.717) is 37.7 Å². The third-order valence-electron chi connectivity index (χ3n) is 5.36. The van der Waals surface area contributed by atoms with Crippen molar-refractivity contribution in [3.05, 3.63) is 48.5 Å². The van der Waals surface area contributed by atoms with Crippen LogP contribution >= 0.6 is 0 Å². The number of rotatable bonds is 8. The van der Waals surface area contributed by atoms with Gasteiger partial charge in [-0.3, -0.25) is 24.3 Å². The Kier molecular flexibility index (Phi) is 6.64. The van der Waals surface area contributed by atoms with Gasteiger partial charge in [-0.1, -0.05) is 0 Å². The van der Waals surface area contributed by atoms with Gasteiger partial charge in [-0.2, -0.15) is 5.43 Å². The number of fused-ring (bicyclic) bond motifs is 1. The second kappa shape index (κ2) is 9.78. The minimum atomic E-state index is -0.762. The molecule has 0 aromatic heterocycles. The number of nitrogens with zero attached hydrogens (tertiary/aromatic N) is 3. The lowest BCUT2D eigenvalue weighted by Crippen LogP contribution is -2.68. The highest BCUT2D eigenvalue weighted by Gasteiger charge is 2.45. The Morgan fingerprint density at radius 2 is 1.48 bits per heavy atom. The molecule has 2 saturated heterocycles.